The Labute approximate surface area is 167 Å². The molecule has 9 heteroatoms. The third-order valence-electron chi connectivity index (χ3n) is 4.91. The SMILES string of the molecule is O=C(CCCc1ccccc1)N1CCN(S(=O)(=O)c2ccc(F)c(F)c2F)CC1. The van der Waals surface area contributed by atoms with Crippen molar-refractivity contribution in [1.82, 2.24) is 9.21 Å². The Morgan fingerprint density at radius 3 is 2.21 bits per heavy atom. The first kappa shape index (κ1) is 21.3. The minimum atomic E-state index is -4.32. The number of hydrogen-bond donors (Lipinski definition) is 0. The molecule has 1 aliphatic rings. The van der Waals surface area contributed by atoms with E-state index in [0.717, 1.165) is 16.3 Å². The average molecular weight is 426 g/mol. The number of benzene rings is 2. The zero-order valence-electron chi connectivity index (χ0n) is 15.7. The van der Waals surface area contributed by atoms with Gasteiger partial charge in [-0.25, -0.2) is 21.6 Å². The van der Waals surface area contributed by atoms with Gasteiger partial charge < -0.3 is 4.90 Å². The van der Waals surface area contributed by atoms with Crippen LogP contribution >= 0.6 is 0 Å². The molecule has 3 rings (SSSR count). The lowest BCUT2D eigenvalue weighted by Crippen LogP contribution is -2.50. The molecule has 0 saturated carbocycles. The molecule has 1 fully saturated rings. The Balaban J connectivity index is 1.55. The van der Waals surface area contributed by atoms with Crippen LogP contribution in [0.2, 0.25) is 0 Å². The molecule has 0 aliphatic carbocycles. The maximum Gasteiger partial charge on any atom is 0.246 e. The molecule has 0 bridgehead atoms. The molecule has 1 amide bonds. The van der Waals surface area contributed by atoms with Crippen molar-refractivity contribution in [2.45, 2.75) is 24.2 Å². The highest BCUT2D eigenvalue weighted by molar-refractivity contribution is 7.89. The van der Waals surface area contributed by atoms with Crippen LogP contribution in [0.3, 0.4) is 0 Å². The van der Waals surface area contributed by atoms with Crippen molar-refractivity contribution in [3.63, 3.8) is 0 Å². The van der Waals surface area contributed by atoms with Crippen LogP contribution in [0.1, 0.15) is 18.4 Å². The van der Waals surface area contributed by atoms with Gasteiger partial charge in [-0.05, 0) is 30.5 Å². The summed E-state index contributed by atoms with van der Waals surface area (Å²) in [6, 6.07) is 11.1. The number of aryl methyl sites for hydroxylation is 1. The predicted octanol–water partition coefficient (Wildman–Crippen LogP) is 2.96. The summed E-state index contributed by atoms with van der Waals surface area (Å²) < 4.78 is 66.5. The molecule has 156 valence electrons. The number of nitrogens with zero attached hydrogens (tertiary/aromatic N) is 2. The number of hydrogen-bond acceptors (Lipinski definition) is 3. The van der Waals surface area contributed by atoms with Crippen molar-refractivity contribution in [3.8, 4) is 0 Å². The van der Waals surface area contributed by atoms with Gasteiger partial charge in [-0.1, -0.05) is 30.3 Å². The van der Waals surface area contributed by atoms with E-state index in [9.17, 15) is 26.4 Å². The van der Waals surface area contributed by atoms with Crippen molar-refractivity contribution in [1.29, 1.82) is 0 Å². The fourth-order valence-electron chi connectivity index (χ4n) is 3.27. The van der Waals surface area contributed by atoms with Crippen LogP contribution < -0.4 is 0 Å². The van der Waals surface area contributed by atoms with Gasteiger partial charge in [0.1, 0.15) is 4.90 Å². The van der Waals surface area contributed by atoms with Gasteiger partial charge in [0.2, 0.25) is 15.9 Å². The van der Waals surface area contributed by atoms with Gasteiger partial charge in [0.05, 0.1) is 0 Å². The fraction of sp³-hybridized carbons (Fsp3) is 0.350. The number of rotatable bonds is 6. The summed E-state index contributed by atoms with van der Waals surface area (Å²) >= 11 is 0. The Morgan fingerprint density at radius 2 is 1.55 bits per heavy atom. The number of halogens is 3. The highest BCUT2D eigenvalue weighted by Crippen LogP contribution is 2.24. The third kappa shape index (κ3) is 4.79. The zero-order valence-corrected chi connectivity index (χ0v) is 16.5. The van der Waals surface area contributed by atoms with Crippen LogP contribution in [-0.2, 0) is 21.2 Å². The summed E-state index contributed by atoms with van der Waals surface area (Å²) in [5, 5.41) is 0. The highest BCUT2D eigenvalue weighted by Gasteiger charge is 2.33. The molecule has 2 aromatic carbocycles. The van der Waals surface area contributed by atoms with E-state index in [1.165, 1.54) is 0 Å². The monoisotopic (exact) mass is 426 g/mol. The van der Waals surface area contributed by atoms with Gasteiger partial charge in [-0.3, -0.25) is 4.79 Å². The zero-order chi connectivity index (χ0) is 21.0. The van der Waals surface area contributed by atoms with E-state index in [-0.39, 0.29) is 32.1 Å². The minimum Gasteiger partial charge on any atom is -0.340 e. The molecule has 0 radical (unpaired) electrons. The molecule has 0 aromatic heterocycles. The molecule has 2 aromatic rings. The molecule has 1 saturated heterocycles. The molecule has 5 nitrogen and oxygen atoms in total. The fourth-order valence-corrected chi connectivity index (χ4v) is 4.75. The second kappa shape index (κ2) is 8.96. The molecule has 1 aliphatic heterocycles. The van der Waals surface area contributed by atoms with Crippen molar-refractivity contribution in [3.05, 3.63) is 65.5 Å². The molecular weight excluding hydrogens is 405 g/mol. The molecule has 0 atom stereocenters. The van der Waals surface area contributed by atoms with E-state index < -0.39 is 32.4 Å². The van der Waals surface area contributed by atoms with Crippen LogP contribution in [0.5, 0.6) is 0 Å². The van der Waals surface area contributed by atoms with E-state index in [1.54, 1.807) is 4.90 Å². The summed E-state index contributed by atoms with van der Waals surface area (Å²) in [4.78, 5) is 13.0. The van der Waals surface area contributed by atoms with Gasteiger partial charge in [0.15, 0.2) is 17.5 Å². The standard InChI is InChI=1S/C20H21F3N2O3S/c21-16-9-10-17(20(23)19(16)22)29(27,28)25-13-11-24(12-14-25)18(26)8-4-7-15-5-2-1-3-6-15/h1-3,5-6,9-10H,4,7-8,11-14H2. The predicted molar refractivity (Wildman–Crippen MR) is 101 cm³/mol. The molecule has 0 spiro atoms. The van der Waals surface area contributed by atoms with Crippen LogP contribution in [-0.4, -0.2) is 49.7 Å². The minimum absolute atomic E-state index is 0.0365. The quantitative estimate of drug-likeness (QED) is 0.668. The van der Waals surface area contributed by atoms with E-state index in [4.69, 9.17) is 0 Å². The number of sulfonamides is 1. The maximum absolute atomic E-state index is 13.9. The lowest BCUT2D eigenvalue weighted by atomic mass is 10.1. The maximum atomic E-state index is 13.9. The number of amides is 1. The summed E-state index contributed by atoms with van der Waals surface area (Å²) in [5.74, 6) is -5.08. The number of carbonyl (C=O) groups excluding carboxylic acids is 1. The molecule has 29 heavy (non-hydrogen) atoms. The van der Waals surface area contributed by atoms with E-state index in [1.807, 2.05) is 30.3 Å². The van der Waals surface area contributed by atoms with Gasteiger partial charge in [-0.2, -0.15) is 4.31 Å². The second-order valence-electron chi connectivity index (χ2n) is 6.80. The first-order valence-electron chi connectivity index (χ1n) is 9.26. The van der Waals surface area contributed by atoms with Crippen molar-refractivity contribution in [2.24, 2.45) is 0 Å². The second-order valence-corrected chi connectivity index (χ2v) is 8.70. The van der Waals surface area contributed by atoms with E-state index >= 15 is 0 Å². The Bertz CT molecular complexity index is 976. The van der Waals surface area contributed by atoms with E-state index in [0.29, 0.717) is 25.0 Å². The first-order chi connectivity index (χ1) is 13.8. The van der Waals surface area contributed by atoms with Crippen molar-refractivity contribution in [2.75, 3.05) is 26.2 Å². The summed E-state index contributed by atoms with van der Waals surface area (Å²) in [6.07, 6.45) is 1.80. The summed E-state index contributed by atoms with van der Waals surface area (Å²) in [7, 11) is -4.32. The van der Waals surface area contributed by atoms with Gasteiger partial charge in [-0.15, -0.1) is 0 Å². The van der Waals surface area contributed by atoms with Crippen LogP contribution in [0.15, 0.2) is 47.4 Å². The lowest BCUT2D eigenvalue weighted by Gasteiger charge is -2.34. The van der Waals surface area contributed by atoms with Crippen LogP contribution in [0, 0.1) is 17.5 Å². The Kier molecular flexibility index (Phi) is 6.59. The van der Waals surface area contributed by atoms with Crippen LogP contribution in [0.25, 0.3) is 0 Å². The normalized spacial score (nSPS) is 15.5. The lowest BCUT2D eigenvalue weighted by molar-refractivity contribution is -0.132. The Morgan fingerprint density at radius 1 is 0.897 bits per heavy atom. The number of carbonyl (C=O) groups is 1. The molecular formula is C20H21F3N2O3S. The molecule has 0 unspecified atom stereocenters. The summed E-state index contributed by atoms with van der Waals surface area (Å²) in [6.45, 7) is 0.250. The van der Waals surface area contributed by atoms with Crippen molar-refractivity contribution >= 4 is 15.9 Å². The van der Waals surface area contributed by atoms with E-state index in [2.05, 4.69) is 0 Å². The van der Waals surface area contributed by atoms with Gasteiger partial charge in [0.25, 0.3) is 0 Å². The summed E-state index contributed by atoms with van der Waals surface area (Å²) in [5.41, 5.74) is 1.14. The Hall–Kier alpha value is -2.39. The third-order valence-corrected chi connectivity index (χ3v) is 6.82. The van der Waals surface area contributed by atoms with Gasteiger partial charge >= 0.3 is 0 Å². The number of piperazine rings is 1. The average Bonchev–Trinajstić information content (AvgIpc) is 2.72. The largest absolute Gasteiger partial charge is 0.340 e. The van der Waals surface area contributed by atoms with Crippen molar-refractivity contribution < 1.29 is 26.4 Å². The topological polar surface area (TPSA) is 57.7 Å². The smallest absolute Gasteiger partial charge is 0.246 e. The molecule has 1 heterocycles. The first-order valence-corrected chi connectivity index (χ1v) is 10.7. The molecule has 0 N–H and O–H groups in total. The van der Waals surface area contributed by atoms with Crippen LogP contribution in [0.4, 0.5) is 13.2 Å². The highest BCUT2D eigenvalue weighted by atomic mass is 32.2. The van der Waals surface area contributed by atoms with Gasteiger partial charge in [0, 0.05) is 32.6 Å².